The minimum atomic E-state index is -0.243. The third-order valence-corrected chi connectivity index (χ3v) is 3.10. The number of rotatable bonds is 3. The topological polar surface area (TPSA) is 44.5 Å². The van der Waals surface area contributed by atoms with Crippen molar-refractivity contribution in [1.29, 1.82) is 0 Å². The molecule has 1 aromatic carbocycles. The van der Waals surface area contributed by atoms with Gasteiger partial charge in [-0.15, -0.1) is 0 Å². The Hall–Kier alpha value is -0.835. The molecule has 98 valence electrons. The van der Waals surface area contributed by atoms with Crippen LogP contribution in [0.5, 0.6) is 0 Å². The van der Waals surface area contributed by atoms with Gasteiger partial charge in [-0.05, 0) is 24.4 Å². The molecule has 1 unspecified atom stereocenters. The summed E-state index contributed by atoms with van der Waals surface area (Å²) >= 11 is 0. The lowest BCUT2D eigenvalue weighted by molar-refractivity contribution is 0.0342. The van der Waals surface area contributed by atoms with Gasteiger partial charge in [0.2, 0.25) is 0 Å². The minimum Gasteiger partial charge on any atom is -0.407 e. The van der Waals surface area contributed by atoms with Crippen LogP contribution in [0.15, 0.2) is 24.3 Å². The van der Waals surface area contributed by atoms with Crippen molar-refractivity contribution in [2.75, 3.05) is 13.2 Å². The highest BCUT2D eigenvalue weighted by molar-refractivity contribution is 6.62. The molecular weight excluding hydrogens is 225 g/mol. The summed E-state index contributed by atoms with van der Waals surface area (Å²) < 4.78 is 11.7. The van der Waals surface area contributed by atoms with Gasteiger partial charge in [0, 0.05) is 24.7 Å². The molecule has 1 atom stereocenters. The molecule has 1 aliphatic heterocycles. The van der Waals surface area contributed by atoms with E-state index < -0.39 is 0 Å². The van der Waals surface area contributed by atoms with E-state index in [1.807, 2.05) is 19.1 Å². The van der Waals surface area contributed by atoms with Crippen LogP contribution in [-0.4, -0.2) is 26.4 Å². The highest BCUT2D eigenvalue weighted by Crippen LogP contribution is 2.21. The van der Waals surface area contributed by atoms with E-state index in [0.29, 0.717) is 0 Å². The third-order valence-electron chi connectivity index (χ3n) is 3.10. The SMILES string of the molecule is CC(N)Cc1ccccc1B1OCC(C)(C)CO1. The second-order valence-corrected chi connectivity index (χ2v) is 6.00. The first-order chi connectivity index (χ1) is 8.48. The number of nitrogens with two attached hydrogens (primary N) is 1. The van der Waals surface area contributed by atoms with E-state index in [1.54, 1.807) is 0 Å². The first-order valence-electron chi connectivity index (χ1n) is 6.54. The van der Waals surface area contributed by atoms with Gasteiger partial charge >= 0.3 is 7.12 Å². The maximum absolute atomic E-state index is 5.88. The Morgan fingerprint density at radius 2 is 1.89 bits per heavy atom. The van der Waals surface area contributed by atoms with Crippen molar-refractivity contribution in [2.24, 2.45) is 11.1 Å². The molecule has 0 aromatic heterocycles. The Balaban J connectivity index is 2.13. The van der Waals surface area contributed by atoms with Gasteiger partial charge in [0.25, 0.3) is 0 Å². The lowest BCUT2D eigenvalue weighted by Crippen LogP contribution is -2.48. The molecule has 0 amide bonds. The molecule has 4 heteroatoms. The summed E-state index contributed by atoms with van der Waals surface area (Å²) in [4.78, 5) is 0. The van der Waals surface area contributed by atoms with Crippen molar-refractivity contribution in [3.05, 3.63) is 29.8 Å². The molecule has 1 heterocycles. The van der Waals surface area contributed by atoms with Crippen LogP contribution in [0.1, 0.15) is 26.3 Å². The molecule has 0 saturated carbocycles. The summed E-state index contributed by atoms with van der Waals surface area (Å²) in [6.45, 7) is 7.77. The van der Waals surface area contributed by atoms with E-state index >= 15 is 0 Å². The molecule has 0 radical (unpaired) electrons. The van der Waals surface area contributed by atoms with Gasteiger partial charge in [0.05, 0.1) is 0 Å². The molecule has 1 aromatic rings. The van der Waals surface area contributed by atoms with Crippen molar-refractivity contribution in [3.63, 3.8) is 0 Å². The average molecular weight is 247 g/mol. The van der Waals surface area contributed by atoms with Gasteiger partial charge in [-0.25, -0.2) is 0 Å². The summed E-state index contributed by atoms with van der Waals surface area (Å²) in [6.07, 6.45) is 0.850. The molecule has 2 rings (SSSR count). The minimum absolute atomic E-state index is 0.104. The Morgan fingerprint density at radius 3 is 2.50 bits per heavy atom. The standard InChI is InChI=1S/C14H22BNO2/c1-11(16)8-12-6-4-5-7-13(12)15-17-9-14(2,3)10-18-15/h4-7,11H,8-10,16H2,1-3H3. The Morgan fingerprint density at radius 1 is 1.28 bits per heavy atom. The lowest BCUT2D eigenvalue weighted by Gasteiger charge is -2.33. The highest BCUT2D eigenvalue weighted by atomic mass is 16.6. The van der Waals surface area contributed by atoms with E-state index in [4.69, 9.17) is 15.0 Å². The summed E-state index contributed by atoms with van der Waals surface area (Å²) in [6, 6.07) is 8.37. The molecule has 1 aliphatic rings. The Labute approximate surface area is 110 Å². The normalized spacial score (nSPS) is 20.8. The van der Waals surface area contributed by atoms with E-state index in [0.717, 1.165) is 25.1 Å². The summed E-state index contributed by atoms with van der Waals surface area (Å²) in [5.74, 6) is 0. The van der Waals surface area contributed by atoms with Gasteiger partial charge in [-0.1, -0.05) is 38.1 Å². The van der Waals surface area contributed by atoms with Crippen LogP contribution in [-0.2, 0) is 15.7 Å². The molecule has 3 nitrogen and oxygen atoms in total. The van der Waals surface area contributed by atoms with Crippen molar-refractivity contribution in [2.45, 2.75) is 33.2 Å². The fourth-order valence-corrected chi connectivity index (χ4v) is 2.17. The smallest absolute Gasteiger partial charge is 0.407 e. The fraction of sp³-hybridized carbons (Fsp3) is 0.571. The second kappa shape index (κ2) is 5.43. The molecule has 2 N–H and O–H groups in total. The fourth-order valence-electron chi connectivity index (χ4n) is 2.17. The van der Waals surface area contributed by atoms with E-state index in [2.05, 4.69) is 26.0 Å². The molecule has 1 fully saturated rings. The summed E-state index contributed by atoms with van der Waals surface area (Å²) in [5, 5.41) is 0. The largest absolute Gasteiger partial charge is 0.494 e. The van der Waals surface area contributed by atoms with Crippen LogP contribution >= 0.6 is 0 Å². The van der Waals surface area contributed by atoms with Gasteiger partial charge in [-0.3, -0.25) is 0 Å². The maximum atomic E-state index is 5.88. The van der Waals surface area contributed by atoms with Crippen LogP contribution in [0, 0.1) is 5.41 Å². The van der Waals surface area contributed by atoms with Gasteiger partial charge < -0.3 is 15.0 Å². The molecule has 0 bridgehead atoms. The summed E-state index contributed by atoms with van der Waals surface area (Å²) in [7, 11) is -0.243. The van der Waals surface area contributed by atoms with Crippen LogP contribution < -0.4 is 11.2 Å². The maximum Gasteiger partial charge on any atom is 0.494 e. The number of hydrogen-bond donors (Lipinski definition) is 1. The lowest BCUT2D eigenvalue weighted by atomic mass is 9.72. The molecular formula is C14H22BNO2. The van der Waals surface area contributed by atoms with Crippen LogP contribution in [0.3, 0.4) is 0 Å². The zero-order valence-corrected chi connectivity index (χ0v) is 11.5. The van der Waals surface area contributed by atoms with Crippen molar-refractivity contribution in [1.82, 2.24) is 0 Å². The monoisotopic (exact) mass is 247 g/mol. The molecule has 1 saturated heterocycles. The Kier molecular flexibility index (Phi) is 4.10. The van der Waals surface area contributed by atoms with Crippen LogP contribution in [0.25, 0.3) is 0 Å². The van der Waals surface area contributed by atoms with Crippen molar-refractivity contribution < 1.29 is 9.31 Å². The number of benzene rings is 1. The summed E-state index contributed by atoms with van der Waals surface area (Å²) in [5.41, 5.74) is 8.32. The van der Waals surface area contributed by atoms with Crippen molar-refractivity contribution >= 4 is 12.6 Å². The molecule has 0 aliphatic carbocycles. The predicted octanol–water partition coefficient (Wildman–Crippen LogP) is 1.34. The quantitative estimate of drug-likeness (QED) is 0.820. The van der Waals surface area contributed by atoms with E-state index in [1.165, 1.54) is 5.56 Å². The second-order valence-electron chi connectivity index (χ2n) is 6.00. The zero-order valence-electron chi connectivity index (χ0n) is 11.5. The highest BCUT2D eigenvalue weighted by Gasteiger charge is 2.34. The third kappa shape index (κ3) is 3.34. The Bertz CT molecular complexity index is 397. The van der Waals surface area contributed by atoms with Crippen molar-refractivity contribution in [3.8, 4) is 0 Å². The van der Waals surface area contributed by atoms with Gasteiger partial charge in [0.15, 0.2) is 0 Å². The van der Waals surface area contributed by atoms with Crippen LogP contribution in [0.4, 0.5) is 0 Å². The van der Waals surface area contributed by atoms with Gasteiger partial charge in [-0.2, -0.15) is 0 Å². The number of hydrogen-bond acceptors (Lipinski definition) is 3. The predicted molar refractivity (Wildman–Crippen MR) is 74.9 cm³/mol. The average Bonchev–Trinajstić information content (AvgIpc) is 2.29. The van der Waals surface area contributed by atoms with Crippen LogP contribution in [0.2, 0.25) is 0 Å². The van der Waals surface area contributed by atoms with E-state index in [-0.39, 0.29) is 18.6 Å². The first-order valence-corrected chi connectivity index (χ1v) is 6.54. The molecule has 18 heavy (non-hydrogen) atoms. The zero-order chi connectivity index (χ0) is 13.2. The van der Waals surface area contributed by atoms with E-state index in [9.17, 15) is 0 Å². The molecule has 0 spiro atoms. The first kappa shape index (κ1) is 13.6. The van der Waals surface area contributed by atoms with Gasteiger partial charge in [0.1, 0.15) is 0 Å².